The molecule has 223 valence electrons. The van der Waals surface area contributed by atoms with Gasteiger partial charge in [-0.3, -0.25) is 0 Å². The van der Waals surface area contributed by atoms with Crippen LogP contribution in [0.2, 0.25) is 0 Å². The molecule has 1 nitrogen and oxygen atoms in total. The molecule has 0 rings (SSSR count). The second-order valence-corrected chi connectivity index (χ2v) is 12.5. The highest BCUT2D eigenvalue weighted by molar-refractivity contribution is 4.58. The monoisotopic (exact) mass is 522 g/mol. The van der Waals surface area contributed by atoms with Crippen LogP contribution in [-0.4, -0.2) is 6.10 Å². The Hall–Kier alpha value is -0.0400. The fraction of sp³-hybridized carbons (Fsp3) is 1.00. The summed E-state index contributed by atoms with van der Waals surface area (Å²) in [4.78, 5) is 0. The molecule has 0 aromatic heterocycles. The van der Waals surface area contributed by atoms with Gasteiger partial charge in [0.1, 0.15) is 0 Å². The average Bonchev–Trinajstić information content (AvgIpc) is 2.90. The van der Waals surface area contributed by atoms with Gasteiger partial charge in [0.25, 0.3) is 0 Å². The Kier molecular flexibility index (Phi) is 34.0. The van der Waals surface area contributed by atoms with Crippen LogP contribution in [0.25, 0.3) is 0 Å². The fourth-order valence-electron chi connectivity index (χ4n) is 5.81. The molecular formula is C36H73O. The first-order valence-corrected chi connectivity index (χ1v) is 18.0. The van der Waals surface area contributed by atoms with Gasteiger partial charge in [0, 0.05) is 0 Å². The number of rotatable bonds is 33. The fourth-order valence-corrected chi connectivity index (χ4v) is 5.81. The van der Waals surface area contributed by atoms with Gasteiger partial charge in [0.15, 0.2) is 0 Å². The highest BCUT2D eigenvalue weighted by Crippen LogP contribution is 2.17. The van der Waals surface area contributed by atoms with Crippen molar-refractivity contribution in [2.24, 2.45) is 0 Å². The summed E-state index contributed by atoms with van der Waals surface area (Å²) in [5, 5.41) is 12.2. The molecule has 37 heavy (non-hydrogen) atoms. The van der Waals surface area contributed by atoms with E-state index < -0.39 is 0 Å². The summed E-state index contributed by atoms with van der Waals surface area (Å²) in [6.45, 7) is 4.59. The third-order valence-electron chi connectivity index (χ3n) is 8.51. The van der Waals surface area contributed by atoms with Crippen LogP contribution in [0, 0.1) is 0 Å². The Morgan fingerprint density at radius 1 is 0.270 bits per heavy atom. The number of unbranched alkanes of at least 4 members (excludes halogenated alkanes) is 29. The van der Waals surface area contributed by atoms with E-state index in [1.807, 2.05) is 0 Å². The molecule has 0 heterocycles. The summed E-state index contributed by atoms with van der Waals surface area (Å²) in [6.07, 6.45) is 45.0. The highest BCUT2D eigenvalue weighted by Gasteiger charge is 2.05. The van der Waals surface area contributed by atoms with Crippen molar-refractivity contribution in [2.45, 2.75) is 232 Å². The first kappa shape index (κ1) is 37.0. The van der Waals surface area contributed by atoms with Gasteiger partial charge in [-0.25, -0.2) is 5.11 Å². The molecule has 0 aromatic rings. The maximum atomic E-state index is 12.2. The molecule has 0 aliphatic rings. The van der Waals surface area contributed by atoms with Crippen LogP contribution < -0.4 is 0 Å². The third kappa shape index (κ3) is 33.9. The summed E-state index contributed by atoms with van der Waals surface area (Å²) in [7, 11) is 0. The lowest BCUT2D eigenvalue weighted by molar-refractivity contribution is 0.0688. The minimum Gasteiger partial charge on any atom is -0.233 e. The zero-order chi connectivity index (χ0) is 26.9. The Labute approximate surface area is 236 Å². The predicted molar refractivity (Wildman–Crippen MR) is 168 cm³/mol. The molecule has 1 radical (unpaired) electrons. The van der Waals surface area contributed by atoms with Crippen molar-refractivity contribution >= 4 is 0 Å². The van der Waals surface area contributed by atoms with E-state index in [-0.39, 0.29) is 6.10 Å². The third-order valence-corrected chi connectivity index (χ3v) is 8.51. The van der Waals surface area contributed by atoms with Crippen molar-refractivity contribution in [3.63, 3.8) is 0 Å². The van der Waals surface area contributed by atoms with Crippen molar-refractivity contribution in [1.29, 1.82) is 0 Å². The molecule has 0 N–H and O–H groups in total. The molecule has 1 atom stereocenters. The lowest BCUT2D eigenvalue weighted by atomic mass is 10.0. The first-order valence-electron chi connectivity index (χ1n) is 18.0. The summed E-state index contributed by atoms with van der Waals surface area (Å²) in [6, 6.07) is 0. The second-order valence-electron chi connectivity index (χ2n) is 12.5. The molecule has 1 heteroatoms. The minimum atomic E-state index is -0.284. The Bertz CT molecular complexity index is 379. The van der Waals surface area contributed by atoms with Gasteiger partial charge in [0.2, 0.25) is 0 Å². The zero-order valence-corrected chi connectivity index (χ0v) is 26.3. The molecule has 0 spiro atoms. The predicted octanol–water partition coefficient (Wildman–Crippen LogP) is 13.7. The molecule has 0 fully saturated rings. The Morgan fingerprint density at radius 2 is 0.432 bits per heavy atom. The molecule has 0 bridgehead atoms. The van der Waals surface area contributed by atoms with Gasteiger partial charge in [-0.05, 0) is 12.8 Å². The van der Waals surface area contributed by atoms with Gasteiger partial charge >= 0.3 is 0 Å². The normalized spacial score (nSPS) is 12.4. The van der Waals surface area contributed by atoms with E-state index in [1.54, 1.807) is 0 Å². The number of hydrogen-bond acceptors (Lipinski definition) is 0. The molecule has 0 saturated carbocycles. The molecule has 0 aromatic carbocycles. The lowest BCUT2D eigenvalue weighted by Crippen LogP contribution is -2.04. The van der Waals surface area contributed by atoms with Crippen LogP contribution in [0.15, 0.2) is 0 Å². The summed E-state index contributed by atoms with van der Waals surface area (Å²) in [5.74, 6) is 0. The average molecular weight is 522 g/mol. The van der Waals surface area contributed by atoms with Crippen LogP contribution in [0.4, 0.5) is 0 Å². The van der Waals surface area contributed by atoms with E-state index in [0.29, 0.717) is 0 Å². The molecule has 0 aliphatic heterocycles. The van der Waals surface area contributed by atoms with Crippen LogP contribution in [-0.2, 0) is 5.11 Å². The first-order chi connectivity index (χ1) is 18.3. The zero-order valence-electron chi connectivity index (χ0n) is 26.3. The van der Waals surface area contributed by atoms with E-state index in [0.717, 1.165) is 12.8 Å². The van der Waals surface area contributed by atoms with Crippen molar-refractivity contribution in [2.75, 3.05) is 0 Å². The van der Waals surface area contributed by atoms with Crippen LogP contribution in [0.3, 0.4) is 0 Å². The van der Waals surface area contributed by atoms with E-state index >= 15 is 0 Å². The van der Waals surface area contributed by atoms with Crippen LogP contribution >= 0.6 is 0 Å². The molecule has 0 aliphatic carbocycles. The van der Waals surface area contributed by atoms with E-state index in [9.17, 15) is 5.11 Å². The standard InChI is InChI=1S/C36H73O/c1-3-5-7-9-11-13-15-17-19-21-23-25-27-29-31-33-35-36(37)34-32-30-28-26-24-22-20-18-16-14-12-10-8-6-4-2/h36H,3-35H2,1-2H3. The van der Waals surface area contributed by atoms with Crippen molar-refractivity contribution < 1.29 is 5.11 Å². The molecule has 1 unspecified atom stereocenters. The van der Waals surface area contributed by atoms with Crippen molar-refractivity contribution in [1.82, 2.24) is 0 Å². The van der Waals surface area contributed by atoms with Crippen molar-refractivity contribution in [3.05, 3.63) is 0 Å². The molecule has 0 amide bonds. The summed E-state index contributed by atoms with van der Waals surface area (Å²) >= 11 is 0. The SMILES string of the molecule is CCCCCCCCCCCCCCCCCCC([O])CCCCCCCCCCCCCCCCC. The molecular weight excluding hydrogens is 448 g/mol. The largest absolute Gasteiger partial charge is 0.233 e. The quantitative estimate of drug-likeness (QED) is 0.0765. The Balaban J connectivity index is 3.13. The Morgan fingerprint density at radius 3 is 0.622 bits per heavy atom. The van der Waals surface area contributed by atoms with Gasteiger partial charge in [-0.1, -0.05) is 213 Å². The van der Waals surface area contributed by atoms with Gasteiger partial charge in [-0.2, -0.15) is 0 Å². The van der Waals surface area contributed by atoms with Crippen LogP contribution in [0.5, 0.6) is 0 Å². The van der Waals surface area contributed by atoms with Gasteiger partial charge in [0.05, 0.1) is 6.10 Å². The van der Waals surface area contributed by atoms with Crippen LogP contribution in [0.1, 0.15) is 226 Å². The maximum absolute atomic E-state index is 12.2. The van der Waals surface area contributed by atoms with Gasteiger partial charge in [-0.15, -0.1) is 0 Å². The van der Waals surface area contributed by atoms with E-state index in [1.165, 1.54) is 199 Å². The van der Waals surface area contributed by atoms with Crippen molar-refractivity contribution in [3.8, 4) is 0 Å². The molecule has 0 saturated heterocycles. The smallest absolute Gasteiger partial charge is 0.0930 e. The minimum absolute atomic E-state index is 0.284. The summed E-state index contributed by atoms with van der Waals surface area (Å²) in [5.41, 5.74) is 0. The number of hydrogen-bond donors (Lipinski definition) is 0. The second kappa shape index (κ2) is 34.0. The van der Waals surface area contributed by atoms with E-state index in [4.69, 9.17) is 0 Å². The summed E-state index contributed by atoms with van der Waals surface area (Å²) < 4.78 is 0. The van der Waals surface area contributed by atoms with Gasteiger partial charge < -0.3 is 0 Å². The lowest BCUT2D eigenvalue weighted by Gasteiger charge is -2.08. The topological polar surface area (TPSA) is 19.9 Å². The maximum Gasteiger partial charge on any atom is 0.0930 e. The highest BCUT2D eigenvalue weighted by atomic mass is 16.3. The van der Waals surface area contributed by atoms with E-state index in [2.05, 4.69) is 13.8 Å².